The molecule has 4 atom stereocenters. The van der Waals surface area contributed by atoms with Crippen LogP contribution in [-0.2, 0) is 4.74 Å². The Hall–Kier alpha value is -2.50. The minimum Gasteiger partial charge on any atom is -0.370 e. The first kappa shape index (κ1) is 19.5. The normalized spacial score (nSPS) is 30.1. The van der Waals surface area contributed by atoms with Crippen molar-refractivity contribution in [3.63, 3.8) is 0 Å². The van der Waals surface area contributed by atoms with Crippen molar-refractivity contribution in [3.8, 4) is 0 Å². The van der Waals surface area contributed by atoms with Gasteiger partial charge < -0.3 is 10.1 Å². The number of aryl methyl sites for hydroxylation is 1. The van der Waals surface area contributed by atoms with Crippen molar-refractivity contribution < 1.29 is 9.53 Å². The van der Waals surface area contributed by atoms with E-state index in [4.69, 9.17) is 4.74 Å². The molecule has 5 heteroatoms. The number of carbonyl (C=O) groups excluding carboxylic acids is 1. The van der Waals surface area contributed by atoms with Crippen LogP contribution < -0.4 is 5.32 Å². The largest absolute Gasteiger partial charge is 0.370 e. The van der Waals surface area contributed by atoms with Gasteiger partial charge in [0.15, 0.2) is 0 Å². The highest BCUT2D eigenvalue weighted by molar-refractivity contribution is 5.93. The minimum absolute atomic E-state index is 0.00787. The van der Waals surface area contributed by atoms with E-state index in [0.29, 0.717) is 23.9 Å². The van der Waals surface area contributed by atoms with E-state index in [-0.39, 0.29) is 17.6 Å². The summed E-state index contributed by atoms with van der Waals surface area (Å²) in [5.41, 5.74) is 2.77. The number of hydrogen-bond donors (Lipinski definition) is 1. The van der Waals surface area contributed by atoms with E-state index in [2.05, 4.69) is 51.6 Å². The minimum atomic E-state index is -0.0417. The summed E-state index contributed by atoms with van der Waals surface area (Å²) in [6.07, 6.45) is 8.64. The average Bonchev–Trinajstić information content (AvgIpc) is 3.41. The van der Waals surface area contributed by atoms with E-state index in [1.54, 1.807) is 6.20 Å². The smallest absolute Gasteiger partial charge is 0.252 e. The second-order valence-corrected chi connectivity index (χ2v) is 8.94. The predicted molar refractivity (Wildman–Crippen MR) is 117 cm³/mol. The summed E-state index contributed by atoms with van der Waals surface area (Å²) in [5.74, 6) is 0.849. The number of hydrogen-bond acceptors (Lipinski definition) is 4. The van der Waals surface area contributed by atoms with Crippen LogP contribution >= 0.6 is 0 Å². The molecule has 0 radical (unpaired) electrons. The molecule has 3 aliphatic heterocycles. The van der Waals surface area contributed by atoms with Crippen LogP contribution in [0.5, 0.6) is 0 Å². The van der Waals surface area contributed by atoms with E-state index in [9.17, 15) is 4.79 Å². The average molecular weight is 404 g/mol. The molecule has 1 spiro atoms. The fraction of sp³-hybridized carbons (Fsp3) is 0.440. The van der Waals surface area contributed by atoms with Crippen LogP contribution in [0.15, 0.2) is 54.7 Å². The number of benzene rings is 1. The van der Waals surface area contributed by atoms with Crippen molar-refractivity contribution in [1.29, 1.82) is 0 Å². The Morgan fingerprint density at radius 3 is 2.97 bits per heavy atom. The number of likely N-dealkylation sites (tertiary alicyclic amines) is 1. The Kier molecular flexibility index (Phi) is 5.17. The van der Waals surface area contributed by atoms with Gasteiger partial charge in [-0.15, -0.1) is 0 Å². The Morgan fingerprint density at radius 2 is 2.17 bits per heavy atom. The summed E-state index contributed by atoms with van der Waals surface area (Å²) in [5, 5.41) is 3.14. The highest BCUT2D eigenvalue weighted by Crippen LogP contribution is 2.54. The van der Waals surface area contributed by atoms with Gasteiger partial charge in [0.05, 0.1) is 17.3 Å². The van der Waals surface area contributed by atoms with Crippen LogP contribution in [0.4, 0.5) is 0 Å². The molecule has 1 aromatic heterocycles. The number of nitrogens with zero attached hydrogens (tertiary/aromatic N) is 2. The van der Waals surface area contributed by atoms with Crippen molar-refractivity contribution >= 4 is 12.0 Å². The quantitative estimate of drug-likeness (QED) is 0.804. The third-order valence-corrected chi connectivity index (χ3v) is 7.00. The van der Waals surface area contributed by atoms with Gasteiger partial charge in [-0.2, -0.15) is 0 Å². The molecule has 5 nitrogen and oxygen atoms in total. The van der Waals surface area contributed by atoms with E-state index < -0.39 is 0 Å². The number of fused-ring (bicyclic) bond motifs is 1. The second-order valence-electron chi connectivity index (χ2n) is 8.94. The topological polar surface area (TPSA) is 54.5 Å². The number of ether oxygens (including phenoxy) is 1. The molecule has 2 aromatic rings. The molecule has 3 saturated heterocycles. The van der Waals surface area contributed by atoms with Gasteiger partial charge in [-0.3, -0.25) is 14.7 Å². The van der Waals surface area contributed by atoms with E-state index >= 15 is 0 Å². The van der Waals surface area contributed by atoms with Gasteiger partial charge in [0.2, 0.25) is 0 Å². The maximum atomic E-state index is 12.5. The summed E-state index contributed by atoms with van der Waals surface area (Å²) >= 11 is 0. The number of nitrogens with one attached hydrogen (secondary N) is 1. The van der Waals surface area contributed by atoms with Crippen LogP contribution in [0.1, 0.15) is 34.5 Å². The third kappa shape index (κ3) is 3.68. The second kappa shape index (κ2) is 7.97. The molecule has 0 unspecified atom stereocenters. The van der Waals surface area contributed by atoms with Gasteiger partial charge in [0.1, 0.15) is 0 Å². The number of pyridine rings is 1. The van der Waals surface area contributed by atoms with Gasteiger partial charge in [-0.05, 0) is 37.5 Å². The lowest BCUT2D eigenvalue weighted by molar-refractivity contribution is 0.00366. The molecule has 30 heavy (non-hydrogen) atoms. The highest BCUT2D eigenvalue weighted by Gasteiger charge is 2.62. The Morgan fingerprint density at radius 1 is 1.30 bits per heavy atom. The van der Waals surface area contributed by atoms with E-state index in [0.717, 1.165) is 38.2 Å². The Labute approximate surface area is 178 Å². The summed E-state index contributed by atoms with van der Waals surface area (Å²) in [6, 6.07) is 14.1. The summed E-state index contributed by atoms with van der Waals surface area (Å²) < 4.78 is 6.52. The van der Waals surface area contributed by atoms with Crippen molar-refractivity contribution in [2.24, 2.45) is 11.8 Å². The number of aromatic nitrogens is 1. The zero-order chi connectivity index (χ0) is 20.6. The lowest BCUT2D eigenvalue weighted by Crippen LogP contribution is -2.41. The molecule has 3 aliphatic rings. The van der Waals surface area contributed by atoms with Gasteiger partial charge in [-0.1, -0.05) is 42.5 Å². The van der Waals surface area contributed by atoms with Crippen molar-refractivity contribution in [1.82, 2.24) is 15.2 Å². The van der Waals surface area contributed by atoms with Crippen LogP contribution in [-0.4, -0.2) is 53.7 Å². The maximum absolute atomic E-state index is 12.5. The number of amides is 1. The molecule has 1 aromatic carbocycles. The first-order valence-corrected chi connectivity index (χ1v) is 11.0. The Bertz CT molecular complexity index is 927. The monoisotopic (exact) mass is 403 g/mol. The summed E-state index contributed by atoms with van der Waals surface area (Å²) in [4.78, 5) is 19.3. The first-order chi connectivity index (χ1) is 14.6. The van der Waals surface area contributed by atoms with Gasteiger partial charge in [0, 0.05) is 49.9 Å². The van der Waals surface area contributed by atoms with Crippen LogP contribution in [0.2, 0.25) is 0 Å². The van der Waals surface area contributed by atoms with Crippen LogP contribution in [0.25, 0.3) is 6.08 Å². The lowest BCUT2D eigenvalue weighted by Gasteiger charge is -2.29. The fourth-order valence-corrected chi connectivity index (χ4v) is 5.52. The Balaban J connectivity index is 1.19. The van der Waals surface area contributed by atoms with Gasteiger partial charge in [-0.25, -0.2) is 0 Å². The zero-order valence-electron chi connectivity index (χ0n) is 17.5. The molecule has 156 valence electrons. The van der Waals surface area contributed by atoms with Crippen LogP contribution in [0.3, 0.4) is 0 Å². The van der Waals surface area contributed by atoms with Gasteiger partial charge >= 0.3 is 0 Å². The third-order valence-electron chi connectivity index (χ3n) is 7.00. The van der Waals surface area contributed by atoms with Gasteiger partial charge in [0.25, 0.3) is 5.91 Å². The number of carbonyl (C=O) groups is 1. The molecule has 5 rings (SSSR count). The standard InChI is InChI=1S/C25H29N3O2/c1-18-9-10-20(14-26-18)24(29)27-15-21-22-16-28(17-25(22)12-11-23(21)30-25)13-5-8-19-6-3-2-4-7-19/h2-10,14,21-23H,11-13,15-17H2,1H3,(H,27,29)/t21-,22+,23+,25+/m0/s1. The molecule has 0 aliphatic carbocycles. The first-order valence-electron chi connectivity index (χ1n) is 11.0. The SMILES string of the molecule is Cc1ccc(C(=O)NC[C@H]2[C@H]3CN(CC=Cc4ccccc4)C[C@]34CC[C@H]2O4)cn1. The highest BCUT2D eigenvalue weighted by atomic mass is 16.5. The molecule has 1 N–H and O–H groups in total. The van der Waals surface area contributed by atoms with Crippen molar-refractivity contribution in [3.05, 3.63) is 71.6 Å². The molecule has 3 fully saturated rings. The fourth-order valence-electron chi connectivity index (χ4n) is 5.52. The van der Waals surface area contributed by atoms with Crippen molar-refractivity contribution in [2.75, 3.05) is 26.2 Å². The molecular weight excluding hydrogens is 374 g/mol. The molecule has 0 saturated carbocycles. The zero-order valence-corrected chi connectivity index (χ0v) is 17.5. The molecule has 4 heterocycles. The predicted octanol–water partition coefficient (Wildman–Crippen LogP) is 3.31. The van der Waals surface area contributed by atoms with E-state index in [1.807, 2.05) is 25.1 Å². The van der Waals surface area contributed by atoms with Crippen molar-refractivity contribution in [2.45, 2.75) is 31.5 Å². The molecule has 2 bridgehead atoms. The molecule has 1 amide bonds. The lowest BCUT2D eigenvalue weighted by atomic mass is 9.73. The molecular formula is C25H29N3O2. The van der Waals surface area contributed by atoms with E-state index in [1.165, 1.54) is 5.56 Å². The number of rotatable bonds is 6. The summed E-state index contributed by atoms with van der Waals surface area (Å²) in [7, 11) is 0. The maximum Gasteiger partial charge on any atom is 0.252 e. The van der Waals surface area contributed by atoms with Crippen LogP contribution in [0, 0.1) is 18.8 Å². The summed E-state index contributed by atoms with van der Waals surface area (Å²) in [6.45, 7) is 5.59.